The fourth-order valence-electron chi connectivity index (χ4n) is 2.77. The van der Waals surface area contributed by atoms with Crippen LogP contribution in [0, 0.1) is 5.92 Å². The Balaban J connectivity index is 1.66. The van der Waals surface area contributed by atoms with Gasteiger partial charge < -0.3 is 9.64 Å². The number of carbonyl (C=O) groups excluding carboxylic acids is 1. The number of rotatable bonds is 6. The second-order valence-electron chi connectivity index (χ2n) is 5.90. The van der Waals surface area contributed by atoms with Crippen molar-refractivity contribution in [2.24, 2.45) is 5.92 Å². The fraction of sp³-hybridized carbons (Fsp3) is 0.562. The molecule has 7 heteroatoms. The minimum Gasteiger partial charge on any atom is -0.445 e. The zero-order chi connectivity index (χ0) is 16.7. The summed E-state index contributed by atoms with van der Waals surface area (Å²) in [6.07, 6.45) is 2.59. The summed E-state index contributed by atoms with van der Waals surface area (Å²) in [5.74, 6) is 0.210. The molecule has 1 aromatic carbocycles. The molecule has 0 unspecified atom stereocenters. The second kappa shape index (κ2) is 8.31. The summed E-state index contributed by atoms with van der Waals surface area (Å²) in [6.45, 7) is 1.53. The van der Waals surface area contributed by atoms with Gasteiger partial charge in [0.25, 0.3) is 10.1 Å². The van der Waals surface area contributed by atoms with Gasteiger partial charge >= 0.3 is 6.09 Å². The second-order valence-corrected chi connectivity index (χ2v) is 7.47. The summed E-state index contributed by atoms with van der Waals surface area (Å²) in [6, 6.07) is 9.55. The van der Waals surface area contributed by atoms with E-state index in [0.717, 1.165) is 24.8 Å². The zero-order valence-corrected chi connectivity index (χ0v) is 13.9. The van der Waals surface area contributed by atoms with Crippen molar-refractivity contribution in [2.75, 3.05) is 18.8 Å². The third-order valence-electron chi connectivity index (χ3n) is 4.09. The molecule has 1 N–H and O–H groups in total. The smallest absolute Gasteiger partial charge is 0.410 e. The van der Waals surface area contributed by atoms with Crippen molar-refractivity contribution in [3.05, 3.63) is 35.9 Å². The summed E-state index contributed by atoms with van der Waals surface area (Å²) in [5.41, 5.74) is 0.959. The molecule has 0 saturated carbocycles. The largest absolute Gasteiger partial charge is 0.445 e. The standard InChI is InChI=1S/C16H23NO5S/c18-16(22-13-15-5-2-1-3-6-15)17-10-8-14(9-11-17)7-4-12-23(19,20)21/h1-3,5-6,14H,4,7-13H2,(H,19,20,21). The van der Waals surface area contributed by atoms with Crippen LogP contribution in [0.2, 0.25) is 0 Å². The van der Waals surface area contributed by atoms with E-state index in [1.54, 1.807) is 4.90 Å². The normalized spacial score (nSPS) is 16.3. The maximum atomic E-state index is 12.0. The summed E-state index contributed by atoms with van der Waals surface area (Å²) in [7, 11) is -3.87. The Kier molecular flexibility index (Phi) is 6.41. The highest BCUT2D eigenvalue weighted by Gasteiger charge is 2.23. The van der Waals surface area contributed by atoms with Crippen LogP contribution < -0.4 is 0 Å². The Labute approximate surface area is 137 Å². The van der Waals surface area contributed by atoms with Crippen molar-refractivity contribution in [1.82, 2.24) is 4.90 Å². The lowest BCUT2D eigenvalue weighted by molar-refractivity contribution is 0.0815. The number of benzene rings is 1. The van der Waals surface area contributed by atoms with E-state index in [1.165, 1.54) is 0 Å². The van der Waals surface area contributed by atoms with Crippen molar-refractivity contribution >= 4 is 16.2 Å². The molecule has 0 atom stereocenters. The van der Waals surface area contributed by atoms with E-state index in [4.69, 9.17) is 9.29 Å². The van der Waals surface area contributed by atoms with E-state index in [1.807, 2.05) is 30.3 Å². The van der Waals surface area contributed by atoms with Gasteiger partial charge in [0.05, 0.1) is 5.75 Å². The van der Waals surface area contributed by atoms with E-state index in [-0.39, 0.29) is 18.5 Å². The molecule has 1 aliphatic rings. The van der Waals surface area contributed by atoms with Crippen LogP contribution in [0.3, 0.4) is 0 Å². The lowest BCUT2D eigenvalue weighted by Gasteiger charge is -2.31. The SMILES string of the molecule is O=C(OCc1ccccc1)N1CCC(CCCS(=O)(=O)O)CC1. The van der Waals surface area contributed by atoms with E-state index < -0.39 is 10.1 Å². The first-order valence-electron chi connectivity index (χ1n) is 7.85. The number of amides is 1. The lowest BCUT2D eigenvalue weighted by atomic mass is 9.93. The minimum absolute atomic E-state index is 0.188. The molecule has 1 fully saturated rings. The molecule has 0 aliphatic carbocycles. The van der Waals surface area contributed by atoms with Crippen LogP contribution in [0.1, 0.15) is 31.2 Å². The Bertz CT molecular complexity index is 594. The molecular weight excluding hydrogens is 318 g/mol. The van der Waals surface area contributed by atoms with Crippen molar-refractivity contribution in [1.29, 1.82) is 0 Å². The van der Waals surface area contributed by atoms with E-state index in [9.17, 15) is 13.2 Å². The average molecular weight is 341 g/mol. The molecule has 128 valence electrons. The van der Waals surface area contributed by atoms with Crippen LogP contribution in [0.25, 0.3) is 0 Å². The Hall–Kier alpha value is -1.60. The van der Waals surface area contributed by atoms with Crippen LogP contribution in [0.4, 0.5) is 4.79 Å². The maximum absolute atomic E-state index is 12.0. The molecule has 0 bridgehead atoms. The first kappa shape index (κ1) is 17.7. The summed E-state index contributed by atoms with van der Waals surface area (Å²) in [5, 5.41) is 0. The maximum Gasteiger partial charge on any atom is 0.410 e. The topological polar surface area (TPSA) is 83.9 Å². The van der Waals surface area contributed by atoms with Gasteiger partial charge in [-0.15, -0.1) is 0 Å². The van der Waals surface area contributed by atoms with Gasteiger partial charge in [-0.1, -0.05) is 30.3 Å². The first-order valence-corrected chi connectivity index (χ1v) is 9.46. The molecule has 6 nitrogen and oxygen atoms in total. The number of carbonyl (C=O) groups is 1. The summed E-state index contributed by atoms with van der Waals surface area (Å²) >= 11 is 0. The summed E-state index contributed by atoms with van der Waals surface area (Å²) in [4.78, 5) is 13.7. The molecule has 1 amide bonds. The van der Waals surface area contributed by atoms with Gasteiger partial charge in [-0.2, -0.15) is 8.42 Å². The number of piperidine rings is 1. The third-order valence-corrected chi connectivity index (χ3v) is 4.90. The third kappa shape index (κ3) is 6.58. The predicted molar refractivity (Wildman–Crippen MR) is 86.6 cm³/mol. The van der Waals surface area contributed by atoms with Crippen LogP contribution >= 0.6 is 0 Å². The summed E-state index contributed by atoms with van der Waals surface area (Å²) < 4.78 is 35.4. The molecule has 1 aromatic rings. The van der Waals surface area contributed by atoms with Crippen molar-refractivity contribution in [2.45, 2.75) is 32.3 Å². The van der Waals surface area contributed by atoms with Crippen molar-refractivity contribution < 1.29 is 22.5 Å². The Morgan fingerprint density at radius 3 is 2.48 bits per heavy atom. The molecule has 0 radical (unpaired) electrons. The number of hydrogen-bond acceptors (Lipinski definition) is 4. The van der Waals surface area contributed by atoms with Gasteiger partial charge in [-0.05, 0) is 37.2 Å². The van der Waals surface area contributed by atoms with Gasteiger partial charge in [0.2, 0.25) is 0 Å². The fourth-order valence-corrected chi connectivity index (χ4v) is 3.30. The monoisotopic (exact) mass is 341 g/mol. The Morgan fingerprint density at radius 1 is 1.22 bits per heavy atom. The molecule has 1 aliphatic heterocycles. The van der Waals surface area contributed by atoms with Crippen LogP contribution in [0.15, 0.2) is 30.3 Å². The zero-order valence-electron chi connectivity index (χ0n) is 13.1. The molecule has 0 spiro atoms. The lowest BCUT2D eigenvalue weighted by Crippen LogP contribution is -2.38. The van der Waals surface area contributed by atoms with Crippen LogP contribution in [-0.4, -0.2) is 42.8 Å². The Morgan fingerprint density at radius 2 is 1.87 bits per heavy atom. The van der Waals surface area contributed by atoms with E-state index in [0.29, 0.717) is 25.4 Å². The van der Waals surface area contributed by atoms with Crippen LogP contribution in [-0.2, 0) is 21.5 Å². The van der Waals surface area contributed by atoms with E-state index in [2.05, 4.69) is 0 Å². The number of ether oxygens (including phenoxy) is 1. The molecule has 0 aromatic heterocycles. The van der Waals surface area contributed by atoms with Gasteiger partial charge in [0.1, 0.15) is 6.61 Å². The minimum atomic E-state index is -3.87. The number of likely N-dealkylation sites (tertiary alicyclic amines) is 1. The predicted octanol–water partition coefficient (Wildman–Crippen LogP) is 2.70. The van der Waals surface area contributed by atoms with Crippen LogP contribution in [0.5, 0.6) is 0 Å². The highest BCUT2D eigenvalue weighted by atomic mass is 32.2. The van der Waals surface area contributed by atoms with Gasteiger partial charge in [0, 0.05) is 13.1 Å². The molecular formula is C16H23NO5S. The number of nitrogens with zero attached hydrogens (tertiary/aromatic N) is 1. The van der Waals surface area contributed by atoms with E-state index >= 15 is 0 Å². The molecule has 2 rings (SSSR count). The van der Waals surface area contributed by atoms with Gasteiger partial charge in [-0.25, -0.2) is 4.79 Å². The molecule has 23 heavy (non-hydrogen) atoms. The van der Waals surface area contributed by atoms with Gasteiger partial charge in [-0.3, -0.25) is 4.55 Å². The molecule has 1 heterocycles. The highest BCUT2D eigenvalue weighted by Crippen LogP contribution is 2.22. The van der Waals surface area contributed by atoms with Crippen molar-refractivity contribution in [3.8, 4) is 0 Å². The average Bonchev–Trinajstić information content (AvgIpc) is 2.53. The highest BCUT2D eigenvalue weighted by molar-refractivity contribution is 7.85. The van der Waals surface area contributed by atoms with Crippen molar-refractivity contribution in [3.63, 3.8) is 0 Å². The first-order chi connectivity index (χ1) is 10.9. The molecule has 1 saturated heterocycles. The van der Waals surface area contributed by atoms with Gasteiger partial charge in [0.15, 0.2) is 0 Å². The number of hydrogen-bond donors (Lipinski definition) is 1. The quantitative estimate of drug-likeness (QED) is 0.804.